The molecule has 1 fully saturated rings. The van der Waals surface area contributed by atoms with Crippen LogP contribution >= 0.6 is 0 Å². The maximum absolute atomic E-state index is 12.1. The molecule has 1 saturated heterocycles. The van der Waals surface area contributed by atoms with Crippen molar-refractivity contribution in [2.45, 2.75) is 6.54 Å². The number of nitriles is 1. The first kappa shape index (κ1) is 24.4. The quantitative estimate of drug-likeness (QED) is 0.513. The van der Waals surface area contributed by atoms with Crippen molar-refractivity contribution in [2.24, 2.45) is 0 Å². The lowest BCUT2D eigenvalue weighted by atomic mass is 10.1. The molecular formula is C25H26N8O3. The molecular weight excluding hydrogens is 460 g/mol. The Hall–Kier alpha value is -4.72. The number of amides is 2. The highest BCUT2D eigenvalue weighted by Gasteiger charge is 2.20. The Morgan fingerprint density at radius 2 is 1.75 bits per heavy atom. The molecule has 36 heavy (non-hydrogen) atoms. The number of carbonyl (C=O) groups is 2. The summed E-state index contributed by atoms with van der Waals surface area (Å²) >= 11 is 0. The molecule has 1 aliphatic heterocycles. The van der Waals surface area contributed by atoms with Gasteiger partial charge in [-0.1, -0.05) is 18.2 Å². The normalized spacial score (nSPS) is 13.1. The van der Waals surface area contributed by atoms with Crippen LogP contribution in [0.3, 0.4) is 0 Å². The number of likely N-dealkylation sites (N-methyl/N-ethyl adjacent to an activating group) is 1. The predicted molar refractivity (Wildman–Crippen MR) is 133 cm³/mol. The summed E-state index contributed by atoms with van der Waals surface area (Å²) < 4.78 is 0. The SMILES string of the molecule is CN(Cc1cccc(-c2cnc(N3CCN(c4ccc(C#N)cn4)CC3)nc2)c1)C(=O)CNC(=O)O. The Labute approximate surface area is 208 Å². The fourth-order valence-corrected chi connectivity index (χ4v) is 3.91. The van der Waals surface area contributed by atoms with Crippen LogP contribution in [0.1, 0.15) is 11.1 Å². The molecule has 2 N–H and O–H groups in total. The van der Waals surface area contributed by atoms with Gasteiger partial charge in [0.15, 0.2) is 0 Å². The zero-order chi connectivity index (χ0) is 25.5. The van der Waals surface area contributed by atoms with Crippen molar-refractivity contribution in [3.63, 3.8) is 0 Å². The molecule has 0 bridgehead atoms. The smallest absolute Gasteiger partial charge is 0.405 e. The van der Waals surface area contributed by atoms with E-state index >= 15 is 0 Å². The number of carboxylic acid groups (broad SMARTS) is 1. The Bertz CT molecular complexity index is 1250. The summed E-state index contributed by atoms with van der Waals surface area (Å²) in [4.78, 5) is 42.0. The van der Waals surface area contributed by atoms with Crippen molar-refractivity contribution in [2.75, 3.05) is 49.6 Å². The second-order valence-corrected chi connectivity index (χ2v) is 8.37. The van der Waals surface area contributed by atoms with E-state index in [1.807, 2.05) is 30.3 Å². The van der Waals surface area contributed by atoms with Crippen LogP contribution in [-0.2, 0) is 11.3 Å². The second kappa shape index (κ2) is 11.1. The van der Waals surface area contributed by atoms with Crippen LogP contribution in [0.25, 0.3) is 11.1 Å². The van der Waals surface area contributed by atoms with Crippen molar-refractivity contribution in [3.05, 3.63) is 66.1 Å². The molecule has 11 heteroatoms. The van der Waals surface area contributed by atoms with Crippen LogP contribution in [0.4, 0.5) is 16.6 Å². The first-order valence-corrected chi connectivity index (χ1v) is 11.4. The first-order chi connectivity index (χ1) is 17.4. The Morgan fingerprint density at radius 1 is 1.03 bits per heavy atom. The Balaban J connectivity index is 1.35. The molecule has 184 valence electrons. The first-order valence-electron chi connectivity index (χ1n) is 11.4. The van der Waals surface area contributed by atoms with Crippen LogP contribution in [0.15, 0.2) is 55.0 Å². The zero-order valence-electron chi connectivity index (χ0n) is 19.8. The number of nitrogens with zero attached hydrogens (tertiary/aromatic N) is 7. The van der Waals surface area contributed by atoms with E-state index in [2.05, 4.69) is 36.1 Å². The molecule has 0 unspecified atom stereocenters. The minimum absolute atomic E-state index is 0.265. The number of aromatic nitrogens is 3. The van der Waals surface area contributed by atoms with E-state index in [0.717, 1.165) is 48.7 Å². The van der Waals surface area contributed by atoms with Gasteiger partial charge in [0.25, 0.3) is 0 Å². The molecule has 11 nitrogen and oxygen atoms in total. The number of pyridine rings is 1. The fourth-order valence-electron chi connectivity index (χ4n) is 3.91. The summed E-state index contributed by atoms with van der Waals surface area (Å²) in [5.74, 6) is 1.21. The third-order valence-corrected chi connectivity index (χ3v) is 5.90. The molecule has 4 rings (SSSR count). The highest BCUT2D eigenvalue weighted by molar-refractivity contribution is 5.81. The summed E-state index contributed by atoms with van der Waals surface area (Å²) in [5, 5.41) is 19.7. The lowest BCUT2D eigenvalue weighted by Gasteiger charge is -2.35. The van der Waals surface area contributed by atoms with Crippen molar-refractivity contribution < 1.29 is 14.7 Å². The maximum atomic E-state index is 12.1. The molecule has 0 atom stereocenters. The van der Waals surface area contributed by atoms with Gasteiger partial charge in [0, 0.05) is 63.9 Å². The van der Waals surface area contributed by atoms with E-state index in [1.165, 1.54) is 4.90 Å². The lowest BCUT2D eigenvalue weighted by Crippen LogP contribution is -2.47. The average molecular weight is 487 g/mol. The minimum Gasteiger partial charge on any atom is -0.465 e. The second-order valence-electron chi connectivity index (χ2n) is 8.37. The van der Waals surface area contributed by atoms with Gasteiger partial charge < -0.3 is 25.1 Å². The highest BCUT2D eigenvalue weighted by Crippen LogP contribution is 2.22. The number of carbonyl (C=O) groups excluding carboxylic acids is 1. The van der Waals surface area contributed by atoms with Crippen molar-refractivity contribution >= 4 is 23.8 Å². The predicted octanol–water partition coefficient (Wildman–Crippen LogP) is 1.96. The number of hydrogen-bond acceptors (Lipinski definition) is 8. The van der Waals surface area contributed by atoms with Gasteiger partial charge in [-0.15, -0.1) is 0 Å². The van der Waals surface area contributed by atoms with Gasteiger partial charge in [-0.3, -0.25) is 4.79 Å². The van der Waals surface area contributed by atoms with Gasteiger partial charge in [-0.25, -0.2) is 19.7 Å². The maximum Gasteiger partial charge on any atom is 0.405 e. The van der Waals surface area contributed by atoms with Gasteiger partial charge in [0.05, 0.1) is 5.56 Å². The Morgan fingerprint density at radius 3 is 2.39 bits per heavy atom. The molecule has 0 aliphatic carbocycles. The van der Waals surface area contributed by atoms with Crippen LogP contribution < -0.4 is 15.1 Å². The average Bonchev–Trinajstić information content (AvgIpc) is 2.92. The molecule has 0 radical (unpaired) electrons. The lowest BCUT2D eigenvalue weighted by molar-refractivity contribution is -0.129. The molecule has 2 amide bonds. The van der Waals surface area contributed by atoms with Gasteiger partial charge in [0.2, 0.25) is 11.9 Å². The molecule has 1 aromatic carbocycles. The van der Waals surface area contributed by atoms with Gasteiger partial charge >= 0.3 is 6.09 Å². The van der Waals surface area contributed by atoms with Gasteiger partial charge in [-0.2, -0.15) is 5.26 Å². The Kier molecular flexibility index (Phi) is 7.55. The molecule has 1 aliphatic rings. The number of nitrogens with one attached hydrogen (secondary N) is 1. The molecule has 0 spiro atoms. The van der Waals surface area contributed by atoms with E-state index in [-0.39, 0.29) is 12.5 Å². The molecule has 2 aromatic heterocycles. The third-order valence-electron chi connectivity index (χ3n) is 5.90. The van der Waals surface area contributed by atoms with E-state index < -0.39 is 6.09 Å². The summed E-state index contributed by atoms with van der Waals surface area (Å²) in [5.41, 5.74) is 3.25. The van der Waals surface area contributed by atoms with Gasteiger partial charge in [0.1, 0.15) is 18.4 Å². The van der Waals surface area contributed by atoms with E-state index in [4.69, 9.17) is 10.4 Å². The van der Waals surface area contributed by atoms with E-state index in [1.54, 1.807) is 31.7 Å². The number of hydrogen-bond donors (Lipinski definition) is 2. The van der Waals surface area contributed by atoms with E-state index in [9.17, 15) is 9.59 Å². The van der Waals surface area contributed by atoms with E-state index in [0.29, 0.717) is 18.1 Å². The standard InChI is InChI=1S/C25H26N8O3/c1-31(23(34)16-30-25(35)36)17-18-3-2-4-20(11-18)21-14-28-24(29-15-21)33-9-7-32(8-10-33)22-6-5-19(12-26)13-27-22/h2-6,11,13-15,30H,7-10,16-17H2,1H3,(H,35,36). The number of piperazine rings is 1. The number of rotatable bonds is 7. The monoisotopic (exact) mass is 486 g/mol. The van der Waals surface area contributed by atoms with Crippen LogP contribution in [0.2, 0.25) is 0 Å². The molecule has 3 aromatic rings. The van der Waals surface area contributed by atoms with Gasteiger partial charge in [-0.05, 0) is 29.3 Å². The highest BCUT2D eigenvalue weighted by atomic mass is 16.4. The van der Waals surface area contributed by atoms with Crippen molar-refractivity contribution in [3.8, 4) is 17.2 Å². The largest absolute Gasteiger partial charge is 0.465 e. The summed E-state index contributed by atoms with van der Waals surface area (Å²) in [7, 11) is 1.63. The van der Waals surface area contributed by atoms with Crippen molar-refractivity contribution in [1.82, 2.24) is 25.2 Å². The van der Waals surface area contributed by atoms with Crippen molar-refractivity contribution in [1.29, 1.82) is 5.26 Å². The topological polar surface area (TPSA) is 139 Å². The van der Waals surface area contributed by atoms with Crippen LogP contribution in [0, 0.1) is 11.3 Å². The summed E-state index contributed by atoms with van der Waals surface area (Å²) in [6.45, 7) is 3.16. The van der Waals surface area contributed by atoms with Crippen LogP contribution in [-0.4, -0.2) is 76.7 Å². The number of anilines is 2. The third kappa shape index (κ3) is 6.04. The molecule has 0 saturated carbocycles. The fraction of sp³-hybridized carbons (Fsp3) is 0.280. The zero-order valence-corrected chi connectivity index (χ0v) is 19.8. The number of benzene rings is 1. The summed E-state index contributed by atoms with van der Waals surface area (Å²) in [6.07, 6.45) is 3.95. The summed E-state index contributed by atoms with van der Waals surface area (Å²) in [6, 6.07) is 13.5. The minimum atomic E-state index is -1.23. The van der Waals surface area contributed by atoms with Crippen LogP contribution in [0.5, 0.6) is 0 Å². The molecule has 3 heterocycles.